The number of nitrogens with one attached hydrogen (secondary N) is 2. The van der Waals surface area contributed by atoms with E-state index >= 15 is 0 Å². The molecule has 1 saturated heterocycles. The quantitative estimate of drug-likeness (QED) is 0.559. The Morgan fingerprint density at radius 2 is 1.97 bits per heavy atom. The summed E-state index contributed by atoms with van der Waals surface area (Å²) in [5.74, 6) is 1.41. The van der Waals surface area contributed by atoms with Gasteiger partial charge in [0.25, 0.3) is 0 Å². The molecular weight excluding hydrogens is 408 g/mol. The number of aromatic amines is 2. The largest absolute Gasteiger partial charge is 0.491 e. The molecular formula is C24H30N4O4. The molecule has 2 aromatic carbocycles. The number of benzene rings is 2. The highest BCUT2D eigenvalue weighted by molar-refractivity contribution is 5.30. The number of hydrogen-bond donors (Lipinski definition) is 2. The van der Waals surface area contributed by atoms with E-state index < -0.39 is 6.29 Å². The first-order valence-electron chi connectivity index (χ1n) is 11.0. The molecule has 0 aliphatic carbocycles. The Bertz CT molecular complexity index is 1050. The van der Waals surface area contributed by atoms with Gasteiger partial charge in [-0.3, -0.25) is 9.88 Å². The number of ether oxygens (including phenoxy) is 3. The summed E-state index contributed by atoms with van der Waals surface area (Å²) in [7, 11) is 0. The second-order valence-corrected chi connectivity index (χ2v) is 8.21. The van der Waals surface area contributed by atoms with Crippen molar-refractivity contribution in [2.75, 3.05) is 13.2 Å². The minimum absolute atomic E-state index is 0.104. The van der Waals surface area contributed by atoms with Crippen molar-refractivity contribution in [3.63, 3.8) is 0 Å². The lowest BCUT2D eigenvalue weighted by Gasteiger charge is -2.41. The van der Waals surface area contributed by atoms with Crippen LogP contribution in [0.2, 0.25) is 0 Å². The zero-order valence-corrected chi connectivity index (χ0v) is 18.7. The predicted octanol–water partition coefficient (Wildman–Crippen LogP) is 3.56. The van der Waals surface area contributed by atoms with Gasteiger partial charge in [0, 0.05) is 6.54 Å². The normalized spacial score (nSPS) is 20.4. The van der Waals surface area contributed by atoms with E-state index in [2.05, 4.69) is 32.2 Å². The average molecular weight is 439 g/mol. The van der Waals surface area contributed by atoms with Crippen molar-refractivity contribution in [3.05, 3.63) is 82.0 Å². The number of hydrogen-bond acceptors (Lipinski definition) is 6. The lowest BCUT2D eigenvalue weighted by atomic mass is 10.0. The van der Waals surface area contributed by atoms with Gasteiger partial charge in [-0.2, -0.15) is 5.10 Å². The molecule has 0 radical (unpaired) electrons. The first-order chi connectivity index (χ1) is 15.5. The maximum Gasteiger partial charge on any atom is 0.340 e. The lowest BCUT2D eigenvalue weighted by molar-refractivity contribution is -0.231. The van der Waals surface area contributed by atoms with Crippen LogP contribution in [0.25, 0.3) is 0 Å². The molecule has 0 spiro atoms. The topological polar surface area (TPSA) is 92.5 Å². The number of rotatable bonds is 8. The summed E-state index contributed by atoms with van der Waals surface area (Å²) in [6, 6.07) is 18.0. The van der Waals surface area contributed by atoms with Crippen LogP contribution in [0.15, 0.2) is 59.4 Å². The van der Waals surface area contributed by atoms with Crippen LogP contribution in [0.5, 0.6) is 5.75 Å². The van der Waals surface area contributed by atoms with Crippen molar-refractivity contribution in [2.45, 2.75) is 51.9 Å². The molecule has 0 saturated carbocycles. The average Bonchev–Trinajstić information content (AvgIpc) is 3.19. The zero-order chi connectivity index (χ0) is 22.5. The Kier molecular flexibility index (Phi) is 7.04. The Morgan fingerprint density at radius 3 is 2.69 bits per heavy atom. The maximum atomic E-state index is 11.5. The molecule has 1 fully saturated rings. The molecule has 32 heavy (non-hydrogen) atoms. The molecule has 0 amide bonds. The third-order valence-electron chi connectivity index (χ3n) is 5.39. The Labute approximate surface area is 187 Å². The van der Waals surface area contributed by atoms with E-state index in [0.717, 1.165) is 16.9 Å². The fourth-order valence-corrected chi connectivity index (χ4v) is 3.96. The van der Waals surface area contributed by atoms with Crippen LogP contribution < -0.4 is 10.4 Å². The molecule has 170 valence electrons. The Balaban J connectivity index is 1.56. The van der Waals surface area contributed by atoms with Crippen molar-refractivity contribution >= 4 is 0 Å². The van der Waals surface area contributed by atoms with Gasteiger partial charge < -0.3 is 14.2 Å². The van der Waals surface area contributed by atoms with Crippen LogP contribution in [0.1, 0.15) is 49.9 Å². The van der Waals surface area contributed by atoms with Crippen molar-refractivity contribution < 1.29 is 14.2 Å². The summed E-state index contributed by atoms with van der Waals surface area (Å²) in [6.07, 6.45) is -0.582. The van der Waals surface area contributed by atoms with Gasteiger partial charge in [-0.1, -0.05) is 42.5 Å². The molecule has 3 atom stereocenters. The summed E-state index contributed by atoms with van der Waals surface area (Å²) >= 11 is 0. The molecule has 2 heterocycles. The van der Waals surface area contributed by atoms with E-state index in [1.165, 1.54) is 0 Å². The van der Waals surface area contributed by atoms with Gasteiger partial charge in [0.2, 0.25) is 0 Å². The van der Waals surface area contributed by atoms with E-state index in [1.807, 2.05) is 63.2 Å². The van der Waals surface area contributed by atoms with Crippen LogP contribution in [-0.2, 0) is 16.0 Å². The van der Waals surface area contributed by atoms with Crippen LogP contribution >= 0.6 is 0 Å². The van der Waals surface area contributed by atoms with Gasteiger partial charge in [0.15, 0.2) is 6.29 Å². The molecule has 4 rings (SSSR count). The summed E-state index contributed by atoms with van der Waals surface area (Å²) in [6.45, 7) is 7.73. The Hall–Kier alpha value is -2.94. The number of H-pyrrole nitrogens is 2. The van der Waals surface area contributed by atoms with E-state index in [0.29, 0.717) is 25.5 Å². The van der Waals surface area contributed by atoms with Gasteiger partial charge in [-0.05, 0) is 44.0 Å². The van der Waals surface area contributed by atoms with Crippen LogP contribution in [-0.4, -0.2) is 45.6 Å². The summed E-state index contributed by atoms with van der Waals surface area (Å²) in [5, 5.41) is 6.51. The van der Waals surface area contributed by atoms with Crippen molar-refractivity contribution in [1.29, 1.82) is 0 Å². The fourth-order valence-electron chi connectivity index (χ4n) is 3.96. The highest BCUT2D eigenvalue weighted by Gasteiger charge is 2.36. The summed E-state index contributed by atoms with van der Waals surface area (Å²) < 4.78 is 18.4. The minimum Gasteiger partial charge on any atom is -0.491 e. The second kappa shape index (κ2) is 10.1. The number of morpholine rings is 1. The van der Waals surface area contributed by atoms with Crippen molar-refractivity contribution in [3.8, 4) is 5.75 Å². The third-order valence-corrected chi connectivity index (χ3v) is 5.39. The molecule has 1 aromatic heterocycles. The maximum absolute atomic E-state index is 11.5. The summed E-state index contributed by atoms with van der Waals surface area (Å²) in [4.78, 5) is 16.5. The first-order valence-corrected chi connectivity index (χ1v) is 11.0. The summed E-state index contributed by atoms with van der Waals surface area (Å²) in [5.41, 5.74) is 1.79. The molecule has 8 heteroatoms. The van der Waals surface area contributed by atoms with E-state index in [1.54, 1.807) is 0 Å². The standard InChI is InChI=1S/C24H30N4O4/c1-16(2)31-20-11-7-10-19(14-20)17(3)32-23-22(18-8-5-4-6-9-18)28(12-13-30-23)15-21-25-24(29)27-26-21/h4-11,14,16-17,22-23H,12-13,15H2,1-3H3,(H2,25,26,27,29). The molecule has 0 bridgehead atoms. The molecule has 1 aliphatic rings. The monoisotopic (exact) mass is 438 g/mol. The predicted molar refractivity (Wildman–Crippen MR) is 120 cm³/mol. The van der Waals surface area contributed by atoms with Gasteiger partial charge in [0.1, 0.15) is 11.6 Å². The molecule has 3 aromatic rings. The minimum atomic E-state index is -0.485. The molecule has 3 unspecified atom stereocenters. The van der Waals surface area contributed by atoms with Gasteiger partial charge in [-0.15, -0.1) is 0 Å². The highest BCUT2D eigenvalue weighted by Crippen LogP contribution is 2.34. The van der Waals surface area contributed by atoms with E-state index in [4.69, 9.17) is 14.2 Å². The zero-order valence-electron chi connectivity index (χ0n) is 18.7. The smallest absolute Gasteiger partial charge is 0.340 e. The molecule has 8 nitrogen and oxygen atoms in total. The van der Waals surface area contributed by atoms with Crippen molar-refractivity contribution in [2.24, 2.45) is 0 Å². The number of nitrogens with zero attached hydrogens (tertiary/aromatic N) is 2. The van der Waals surface area contributed by atoms with Gasteiger partial charge in [0.05, 0.1) is 31.4 Å². The highest BCUT2D eigenvalue weighted by atomic mass is 16.7. The van der Waals surface area contributed by atoms with Crippen LogP contribution in [0.3, 0.4) is 0 Å². The van der Waals surface area contributed by atoms with Gasteiger partial charge >= 0.3 is 5.69 Å². The molecule has 2 N–H and O–H groups in total. The van der Waals surface area contributed by atoms with Crippen LogP contribution in [0.4, 0.5) is 0 Å². The second-order valence-electron chi connectivity index (χ2n) is 8.21. The van der Waals surface area contributed by atoms with Gasteiger partial charge in [-0.25, -0.2) is 9.89 Å². The third kappa shape index (κ3) is 5.45. The fraction of sp³-hybridized carbons (Fsp3) is 0.417. The first kappa shape index (κ1) is 22.3. The Morgan fingerprint density at radius 1 is 1.16 bits per heavy atom. The van der Waals surface area contributed by atoms with E-state index in [-0.39, 0.29) is 23.9 Å². The number of aromatic nitrogens is 3. The SMILES string of the molecule is CC(C)Oc1cccc(C(C)OC2OCCN(Cc3n[nH]c(=O)[nH]3)C2c2ccccc2)c1. The van der Waals surface area contributed by atoms with Crippen molar-refractivity contribution in [1.82, 2.24) is 20.1 Å². The van der Waals surface area contributed by atoms with Crippen LogP contribution in [0, 0.1) is 0 Å². The lowest BCUT2D eigenvalue weighted by Crippen LogP contribution is -2.46. The van der Waals surface area contributed by atoms with E-state index in [9.17, 15) is 4.79 Å². The molecule has 1 aliphatic heterocycles.